The van der Waals surface area contributed by atoms with Crippen molar-refractivity contribution in [2.45, 2.75) is 173 Å². The van der Waals surface area contributed by atoms with Gasteiger partial charge in [0.15, 0.2) is 6.29 Å². The molecule has 0 aromatic heterocycles. The molecule has 7 aliphatic rings. The molecular formula is C36H60O10. The van der Waals surface area contributed by atoms with Gasteiger partial charge in [0.2, 0.25) is 0 Å². The Labute approximate surface area is 273 Å². The highest BCUT2D eigenvalue weighted by molar-refractivity contribution is 5.33. The summed E-state index contributed by atoms with van der Waals surface area (Å²) >= 11 is 0. The second-order valence-electron chi connectivity index (χ2n) is 18.7. The van der Waals surface area contributed by atoms with E-state index >= 15 is 0 Å². The van der Waals surface area contributed by atoms with Crippen LogP contribution in [0.25, 0.3) is 0 Å². The van der Waals surface area contributed by atoms with Gasteiger partial charge in [-0.2, -0.15) is 0 Å². The molecule has 10 heteroatoms. The van der Waals surface area contributed by atoms with E-state index in [4.69, 9.17) is 14.2 Å². The first-order valence-electron chi connectivity index (χ1n) is 17.9. The lowest BCUT2D eigenvalue weighted by molar-refractivity contribution is -0.329. The van der Waals surface area contributed by atoms with E-state index < -0.39 is 66.1 Å². The van der Waals surface area contributed by atoms with Gasteiger partial charge >= 0.3 is 0 Å². The van der Waals surface area contributed by atoms with Gasteiger partial charge in [-0.1, -0.05) is 27.7 Å². The van der Waals surface area contributed by atoms with Crippen molar-refractivity contribution in [1.82, 2.24) is 0 Å². The second-order valence-corrected chi connectivity index (χ2v) is 18.7. The normalized spacial score (nSPS) is 59.3. The predicted octanol–water partition coefficient (Wildman–Crippen LogP) is 2.26. The molecule has 2 aliphatic heterocycles. The molecule has 7 N–H and O–H groups in total. The van der Waals surface area contributed by atoms with Gasteiger partial charge in [0.25, 0.3) is 0 Å². The smallest absolute Gasteiger partial charge is 0.186 e. The Morgan fingerprint density at radius 3 is 2.11 bits per heavy atom. The Morgan fingerprint density at radius 1 is 0.783 bits per heavy atom. The second kappa shape index (κ2) is 10.3. The number of rotatable bonds is 5. The third-order valence-electron chi connectivity index (χ3n) is 15.9. The SMILES string of the molecule is CC(C)(O)[C@@H]1CC[C@](C)([C@H]2[C@@H](O)C[C@@]3(C)[C@@H]4C[C@H](O)[C@H]5C(C)(C)[C@@H](O[C@@H]6O[C@H](CO)[C@@H](O)[C@H](O)[C@H]6O)CC[C@@]56C[C@@]46CC[C@]23C)O1. The molecule has 0 aromatic rings. The van der Waals surface area contributed by atoms with Crippen LogP contribution in [-0.4, -0.2) is 109 Å². The number of aliphatic hydroxyl groups excluding tert-OH is 6. The van der Waals surface area contributed by atoms with E-state index in [1.807, 2.05) is 13.8 Å². The van der Waals surface area contributed by atoms with Crippen LogP contribution in [0.1, 0.15) is 106 Å². The summed E-state index contributed by atoms with van der Waals surface area (Å²) in [6, 6.07) is 0. The van der Waals surface area contributed by atoms with E-state index in [0.717, 1.165) is 38.5 Å². The van der Waals surface area contributed by atoms with Crippen LogP contribution in [0.4, 0.5) is 0 Å². The predicted molar refractivity (Wildman–Crippen MR) is 167 cm³/mol. The largest absolute Gasteiger partial charge is 0.394 e. The van der Waals surface area contributed by atoms with Gasteiger partial charge in [-0.15, -0.1) is 0 Å². The molecule has 0 radical (unpaired) electrons. The number of fused-ring (bicyclic) bond motifs is 2. The Kier molecular flexibility index (Phi) is 7.65. The molecule has 0 aromatic carbocycles. The molecule has 7 fully saturated rings. The summed E-state index contributed by atoms with van der Waals surface area (Å²) in [7, 11) is 0. The highest BCUT2D eigenvalue weighted by Crippen LogP contribution is 2.89. The fourth-order valence-corrected chi connectivity index (χ4v) is 13.7. The lowest BCUT2D eigenvalue weighted by Gasteiger charge is -2.64. The van der Waals surface area contributed by atoms with Crippen LogP contribution in [0.15, 0.2) is 0 Å². The minimum atomic E-state index is -1.50. The molecule has 10 nitrogen and oxygen atoms in total. The van der Waals surface area contributed by atoms with Crippen LogP contribution in [-0.2, 0) is 14.2 Å². The molecule has 46 heavy (non-hydrogen) atoms. The first-order chi connectivity index (χ1) is 21.2. The van der Waals surface area contributed by atoms with Crippen molar-refractivity contribution in [3.8, 4) is 0 Å². The number of hydrogen-bond acceptors (Lipinski definition) is 10. The molecule has 2 heterocycles. The fourth-order valence-electron chi connectivity index (χ4n) is 13.7. The lowest BCUT2D eigenvalue weighted by atomic mass is 9.41. The van der Waals surface area contributed by atoms with Crippen molar-refractivity contribution in [2.75, 3.05) is 6.61 Å². The summed E-state index contributed by atoms with van der Waals surface area (Å²) in [4.78, 5) is 0. The van der Waals surface area contributed by atoms with Crippen molar-refractivity contribution < 1.29 is 50.0 Å². The van der Waals surface area contributed by atoms with Crippen molar-refractivity contribution in [2.24, 2.45) is 44.8 Å². The van der Waals surface area contributed by atoms with E-state index in [-0.39, 0.29) is 51.6 Å². The highest BCUT2D eigenvalue weighted by atomic mass is 16.7. The van der Waals surface area contributed by atoms with E-state index in [2.05, 4.69) is 34.6 Å². The Hall–Kier alpha value is -0.400. The van der Waals surface area contributed by atoms with Crippen molar-refractivity contribution in [3.05, 3.63) is 0 Å². The van der Waals surface area contributed by atoms with E-state index in [0.29, 0.717) is 19.3 Å². The third kappa shape index (κ3) is 4.24. The highest BCUT2D eigenvalue weighted by Gasteiger charge is 2.85. The Balaban J connectivity index is 1.15. The Bertz CT molecular complexity index is 1200. The maximum absolute atomic E-state index is 12.2. The quantitative estimate of drug-likeness (QED) is 0.219. The van der Waals surface area contributed by atoms with Gasteiger partial charge in [0.05, 0.1) is 42.2 Å². The standard InChI is InChI=1S/C36H60O10/c1-30(2)22(45-29-26(42)25(41)24(40)20(16-37)44-29)9-11-36-17-35(36)13-12-32(5)28(34(7)10-8-23(46-34)31(3,4)43)19(39)15-33(32,6)21(35)14-18(38)27(30)36/h18-29,37-43H,8-17H2,1-7H3/t18-,19-,20+,21-,22-,23-,24+,25-,26+,27-,28-,29-,32+,33-,34+,35-,36+/m0/s1. The van der Waals surface area contributed by atoms with Gasteiger partial charge in [-0.25, -0.2) is 0 Å². The summed E-state index contributed by atoms with van der Waals surface area (Å²) < 4.78 is 18.8. The van der Waals surface area contributed by atoms with Gasteiger partial charge in [0.1, 0.15) is 24.4 Å². The number of hydrogen-bond donors (Lipinski definition) is 7. The minimum Gasteiger partial charge on any atom is -0.394 e. The number of aliphatic hydroxyl groups is 7. The zero-order valence-corrected chi connectivity index (χ0v) is 28.9. The molecule has 5 saturated carbocycles. The lowest BCUT2D eigenvalue weighted by Crippen LogP contribution is -2.64. The molecule has 264 valence electrons. The van der Waals surface area contributed by atoms with Crippen molar-refractivity contribution in [3.63, 3.8) is 0 Å². The first kappa shape index (κ1) is 34.1. The summed E-state index contributed by atoms with van der Waals surface area (Å²) in [6.07, 6.45) is -0.708. The Morgan fingerprint density at radius 2 is 1.48 bits per heavy atom. The topological polar surface area (TPSA) is 169 Å². The van der Waals surface area contributed by atoms with Gasteiger partial charge in [0, 0.05) is 5.92 Å². The maximum Gasteiger partial charge on any atom is 0.186 e. The van der Waals surface area contributed by atoms with Crippen molar-refractivity contribution >= 4 is 0 Å². The molecule has 0 unspecified atom stereocenters. The summed E-state index contributed by atoms with van der Waals surface area (Å²) in [5.41, 5.74) is -2.26. The van der Waals surface area contributed by atoms with Crippen LogP contribution in [0.5, 0.6) is 0 Å². The van der Waals surface area contributed by atoms with Crippen LogP contribution in [0.2, 0.25) is 0 Å². The molecule has 2 saturated heterocycles. The average molecular weight is 653 g/mol. The summed E-state index contributed by atoms with van der Waals surface area (Å²) in [5.74, 6) is 0.176. The first-order valence-corrected chi connectivity index (χ1v) is 17.9. The average Bonchev–Trinajstić information content (AvgIpc) is 3.31. The minimum absolute atomic E-state index is 0.0295. The summed E-state index contributed by atoms with van der Waals surface area (Å²) in [6.45, 7) is 14.3. The van der Waals surface area contributed by atoms with E-state index in [1.54, 1.807) is 0 Å². The van der Waals surface area contributed by atoms with E-state index in [1.165, 1.54) is 0 Å². The van der Waals surface area contributed by atoms with Gasteiger partial charge in [-0.05, 0) is 117 Å². The monoisotopic (exact) mass is 652 g/mol. The molecule has 5 aliphatic carbocycles. The molecular weight excluding hydrogens is 592 g/mol. The molecule has 2 spiro atoms. The van der Waals surface area contributed by atoms with Crippen LogP contribution < -0.4 is 0 Å². The van der Waals surface area contributed by atoms with Gasteiger partial charge in [-0.3, -0.25) is 0 Å². The molecule has 0 amide bonds. The van der Waals surface area contributed by atoms with Crippen LogP contribution >= 0.6 is 0 Å². The van der Waals surface area contributed by atoms with E-state index in [9.17, 15) is 35.7 Å². The van der Waals surface area contributed by atoms with Crippen LogP contribution in [0.3, 0.4) is 0 Å². The third-order valence-corrected chi connectivity index (χ3v) is 15.9. The zero-order chi connectivity index (χ0) is 33.6. The summed E-state index contributed by atoms with van der Waals surface area (Å²) in [5, 5.41) is 75.9. The van der Waals surface area contributed by atoms with Gasteiger partial charge < -0.3 is 50.0 Å². The molecule has 0 bridgehead atoms. The molecule has 7 rings (SSSR count). The van der Waals surface area contributed by atoms with Crippen LogP contribution in [0, 0.1) is 44.8 Å². The zero-order valence-electron chi connectivity index (χ0n) is 28.9. The number of ether oxygens (including phenoxy) is 3. The molecule has 17 atom stereocenters. The van der Waals surface area contributed by atoms with Crippen molar-refractivity contribution in [1.29, 1.82) is 0 Å². The maximum atomic E-state index is 12.2. The fraction of sp³-hybridized carbons (Fsp3) is 1.00.